The predicted octanol–water partition coefficient (Wildman–Crippen LogP) is 2.26. The van der Waals surface area contributed by atoms with Gasteiger partial charge in [-0.15, -0.1) is 10.2 Å². The number of aromatic nitrogens is 2. The van der Waals surface area contributed by atoms with Gasteiger partial charge in [-0.2, -0.15) is 0 Å². The molecule has 1 aromatic heterocycles. The fourth-order valence-electron chi connectivity index (χ4n) is 1.35. The van der Waals surface area contributed by atoms with E-state index < -0.39 is 5.97 Å². The van der Waals surface area contributed by atoms with Gasteiger partial charge < -0.3 is 16.2 Å². The molecular weight excluding hydrogens is 300 g/mol. The minimum absolute atomic E-state index is 0.0294. The first-order valence-electron chi connectivity index (χ1n) is 4.96. The molecule has 0 saturated heterocycles. The third-order valence-electron chi connectivity index (χ3n) is 2.17. The molecule has 4 N–H and O–H groups in total. The Morgan fingerprint density at radius 2 is 2.06 bits per heavy atom. The van der Waals surface area contributed by atoms with Gasteiger partial charge in [0.25, 0.3) is 0 Å². The Morgan fingerprint density at radius 3 is 2.72 bits per heavy atom. The first-order valence-corrected chi connectivity index (χ1v) is 5.75. The quantitative estimate of drug-likeness (QED) is 0.804. The van der Waals surface area contributed by atoms with Crippen LogP contribution in [0.25, 0.3) is 0 Å². The number of rotatable bonds is 3. The summed E-state index contributed by atoms with van der Waals surface area (Å²) in [6.45, 7) is 0. The van der Waals surface area contributed by atoms with Gasteiger partial charge in [0.05, 0.1) is 5.69 Å². The first kappa shape index (κ1) is 12.3. The normalized spacial score (nSPS) is 10.1. The molecule has 0 bridgehead atoms. The number of benzene rings is 1. The molecule has 18 heavy (non-hydrogen) atoms. The van der Waals surface area contributed by atoms with Gasteiger partial charge in [-0.05, 0) is 28.1 Å². The largest absolute Gasteiger partial charge is 0.478 e. The maximum atomic E-state index is 11.1. The fourth-order valence-corrected chi connectivity index (χ4v) is 1.74. The minimum atomic E-state index is -1.12. The van der Waals surface area contributed by atoms with E-state index in [2.05, 4.69) is 31.4 Å². The third kappa shape index (κ3) is 2.57. The van der Waals surface area contributed by atoms with Gasteiger partial charge in [-0.3, -0.25) is 0 Å². The smallest absolute Gasteiger partial charge is 0.339 e. The van der Waals surface area contributed by atoms with Crippen molar-refractivity contribution in [2.75, 3.05) is 11.1 Å². The SMILES string of the molecule is Nc1cc(C(=O)O)c(Nc2ccccc2Br)nn1. The minimum Gasteiger partial charge on any atom is -0.478 e. The van der Waals surface area contributed by atoms with E-state index in [-0.39, 0.29) is 17.2 Å². The summed E-state index contributed by atoms with van der Waals surface area (Å²) in [6.07, 6.45) is 0. The Labute approximate surface area is 111 Å². The number of hydrogen-bond acceptors (Lipinski definition) is 5. The van der Waals surface area contributed by atoms with Crippen molar-refractivity contribution < 1.29 is 9.90 Å². The standard InChI is InChI=1S/C11H9BrN4O2/c12-7-3-1-2-4-8(7)14-10-6(11(17)18)5-9(13)15-16-10/h1-5H,(H2,13,15)(H,14,16)(H,17,18). The molecule has 0 aliphatic heterocycles. The van der Waals surface area contributed by atoms with Crippen LogP contribution >= 0.6 is 15.9 Å². The molecule has 1 heterocycles. The maximum Gasteiger partial charge on any atom is 0.339 e. The molecule has 0 amide bonds. The molecular formula is C11H9BrN4O2. The zero-order chi connectivity index (χ0) is 13.1. The average Bonchev–Trinajstić information content (AvgIpc) is 2.34. The topological polar surface area (TPSA) is 101 Å². The van der Waals surface area contributed by atoms with Crippen LogP contribution in [0.2, 0.25) is 0 Å². The summed E-state index contributed by atoms with van der Waals surface area (Å²) in [5.74, 6) is -0.917. The molecule has 92 valence electrons. The highest BCUT2D eigenvalue weighted by molar-refractivity contribution is 9.10. The second-order valence-electron chi connectivity index (χ2n) is 3.44. The molecule has 0 fully saturated rings. The van der Waals surface area contributed by atoms with Crippen molar-refractivity contribution in [2.24, 2.45) is 0 Å². The van der Waals surface area contributed by atoms with Gasteiger partial charge in [0.15, 0.2) is 5.82 Å². The number of hydrogen-bond donors (Lipinski definition) is 3. The van der Waals surface area contributed by atoms with Crippen LogP contribution in [-0.4, -0.2) is 21.3 Å². The van der Waals surface area contributed by atoms with Crippen LogP contribution in [0.15, 0.2) is 34.8 Å². The molecule has 0 spiro atoms. The number of carboxylic acid groups (broad SMARTS) is 1. The Bertz CT molecular complexity index is 603. The lowest BCUT2D eigenvalue weighted by molar-refractivity contribution is 0.0697. The van der Waals surface area contributed by atoms with Gasteiger partial charge >= 0.3 is 5.97 Å². The van der Waals surface area contributed by atoms with Gasteiger partial charge in [-0.25, -0.2) is 4.79 Å². The fraction of sp³-hybridized carbons (Fsp3) is 0. The zero-order valence-electron chi connectivity index (χ0n) is 9.09. The molecule has 0 unspecified atom stereocenters. The zero-order valence-corrected chi connectivity index (χ0v) is 10.7. The van der Waals surface area contributed by atoms with E-state index in [0.29, 0.717) is 5.69 Å². The van der Waals surface area contributed by atoms with Crippen LogP contribution in [0, 0.1) is 0 Å². The number of nitrogens with two attached hydrogens (primary N) is 1. The second-order valence-corrected chi connectivity index (χ2v) is 4.30. The number of nitrogens with one attached hydrogen (secondary N) is 1. The lowest BCUT2D eigenvalue weighted by Crippen LogP contribution is -2.08. The third-order valence-corrected chi connectivity index (χ3v) is 2.86. The summed E-state index contributed by atoms with van der Waals surface area (Å²) in [4.78, 5) is 11.1. The number of carboxylic acids is 1. The first-order chi connectivity index (χ1) is 8.58. The van der Waals surface area contributed by atoms with Crippen molar-refractivity contribution in [3.8, 4) is 0 Å². The summed E-state index contributed by atoms with van der Waals surface area (Å²) in [5, 5.41) is 19.3. The lowest BCUT2D eigenvalue weighted by atomic mass is 10.2. The van der Waals surface area contributed by atoms with E-state index in [9.17, 15) is 4.79 Å². The summed E-state index contributed by atoms with van der Waals surface area (Å²) < 4.78 is 0.792. The molecule has 0 radical (unpaired) electrons. The lowest BCUT2D eigenvalue weighted by Gasteiger charge is -2.09. The summed E-state index contributed by atoms with van der Waals surface area (Å²) >= 11 is 3.35. The monoisotopic (exact) mass is 308 g/mol. The number of para-hydroxylation sites is 1. The van der Waals surface area contributed by atoms with Gasteiger partial charge in [0.2, 0.25) is 0 Å². The van der Waals surface area contributed by atoms with Crippen molar-refractivity contribution in [1.29, 1.82) is 0 Å². The van der Waals surface area contributed by atoms with Crippen molar-refractivity contribution >= 4 is 39.2 Å². The van der Waals surface area contributed by atoms with Crippen molar-refractivity contribution in [3.63, 3.8) is 0 Å². The number of nitrogen functional groups attached to an aromatic ring is 1. The molecule has 2 rings (SSSR count). The number of halogens is 1. The van der Waals surface area contributed by atoms with Crippen LogP contribution in [-0.2, 0) is 0 Å². The Balaban J connectivity index is 2.41. The van der Waals surface area contributed by atoms with E-state index in [1.807, 2.05) is 18.2 Å². The molecule has 6 nitrogen and oxygen atoms in total. The Morgan fingerprint density at radius 1 is 1.33 bits per heavy atom. The average molecular weight is 309 g/mol. The van der Waals surface area contributed by atoms with Crippen LogP contribution in [0.4, 0.5) is 17.3 Å². The highest BCUT2D eigenvalue weighted by atomic mass is 79.9. The van der Waals surface area contributed by atoms with E-state index in [4.69, 9.17) is 10.8 Å². The van der Waals surface area contributed by atoms with Gasteiger partial charge in [-0.1, -0.05) is 12.1 Å². The maximum absolute atomic E-state index is 11.1. The van der Waals surface area contributed by atoms with E-state index in [0.717, 1.165) is 4.47 Å². The number of aromatic carboxylic acids is 1. The van der Waals surface area contributed by atoms with Crippen molar-refractivity contribution in [1.82, 2.24) is 10.2 Å². The highest BCUT2D eigenvalue weighted by Crippen LogP contribution is 2.26. The highest BCUT2D eigenvalue weighted by Gasteiger charge is 2.14. The molecule has 0 saturated carbocycles. The summed E-state index contributed by atoms with van der Waals surface area (Å²) in [7, 11) is 0. The number of nitrogens with zero attached hydrogens (tertiary/aromatic N) is 2. The molecule has 0 atom stereocenters. The summed E-state index contributed by atoms with van der Waals surface area (Å²) in [5.41, 5.74) is 6.08. The second kappa shape index (κ2) is 5.01. The molecule has 7 heteroatoms. The molecule has 1 aromatic carbocycles. The summed E-state index contributed by atoms with van der Waals surface area (Å²) in [6, 6.07) is 8.54. The van der Waals surface area contributed by atoms with E-state index in [1.54, 1.807) is 6.07 Å². The van der Waals surface area contributed by atoms with Crippen LogP contribution in [0.5, 0.6) is 0 Å². The van der Waals surface area contributed by atoms with E-state index in [1.165, 1.54) is 6.07 Å². The Hall–Kier alpha value is -2.15. The molecule has 0 aliphatic carbocycles. The van der Waals surface area contributed by atoms with Crippen LogP contribution in [0.3, 0.4) is 0 Å². The van der Waals surface area contributed by atoms with Crippen LogP contribution in [0.1, 0.15) is 10.4 Å². The van der Waals surface area contributed by atoms with E-state index >= 15 is 0 Å². The van der Waals surface area contributed by atoms with Crippen molar-refractivity contribution in [3.05, 3.63) is 40.4 Å². The number of carbonyl (C=O) groups is 1. The van der Waals surface area contributed by atoms with Crippen molar-refractivity contribution in [2.45, 2.75) is 0 Å². The van der Waals surface area contributed by atoms with Gasteiger partial charge in [0, 0.05) is 10.5 Å². The molecule has 0 aliphatic rings. The predicted molar refractivity (Wildman–Crippen MR) is 70.8 cm³/mol. The Kier molecular flexibility index (Phi) is 3.42. The van der Waals surface area contributed by atoms with Gasteiger partial charge in [0.1, 0.15) is 11.4 Å². The van der Waals surface area contributed by atoms with Crippen LogP contribution < -0.4 is 11.1 Å². The number of anilines is 3. The molecule has 2 aromatic rings.